The van der Waals surface area contributed by atoms with Gasteiger partial charge in [-0.3, -0.25) is 14.4 Å². The summed E-state index contributed by atoms with van der Waals surface area (Å²) in [6.07, 6.45) is 1.04. The Kier molecular flexibility index (Phi) is 7.55. The summed E-state index contributed by atoms with van der Waals surface area (Å²) in [4.78, 5) is 35.4. The molecule has 1 atom stereocenters. The van der Waals surface area contributed by atoms with Gasteiger partial charge in [-0.2, -0.15) is 0 Å². The summed E-state index contributed by atoms with van der Waals surface area (Å²) in [6.45, 7) is 3.55. The van der Waals surface area contributed by atoms with E-state index < -0.39 is 18.5 Å². The van der Waals surface area contributed by atoms with E-state index in [1.54, 1.807) is 30.3 Å². The molecule has 0 unspecified atom stereocenters. The minimum absolute atomic E-state index is 0.301. The Bertz CT molecular complexity index is 773. The first-order valence-corrected chi connectivity index (χ1v) is 8.88. The zero-order valence-corrected chi connectivity index (χ0v) is 15.5. The Morgan fingerprint density at radius 1 is 1.00 bits per heavy atom. The van der Waals surface area contributed by atoms with Crippen LogP contribution in [0.4, 0.5) is 5.69 Å². The number of anilines is 1. The summed E-state index contributed by atoms with van der Waals surface area (Å²) in [7, 11) is 0. The van der Waals surface area contributed by atoms with E-state index in [2.05, 4.69) is 24.5 Å². The van der Waals surface area contributed by atoms with Gasteiger partial charge in [-0.1, -0.05) is 44.2 Å². The van der Waals surface area contributed by atoms with Crippen molar-refractivity contribution in [2.24, 2.45) is 0 Å². The van der Waals surface area contributed by atoms with Crippen LogP contribution >= 0.6 is 0 Å². The number of amides is 2. The first-order chi connectivity index (χ1) is 13.0. The number of ether oxygens (including phenoxy) is 1. The number of esters is 1. The van der Waals surface area contributed by atoms with Crippen molar-refractivity contribution in [3.8, 4) is 0 Å². The topological polar surface area (TPSA) is 84.5 Å². The molecule has 6 nitrogen and oxygen atoms in total. The van der Waals surface area contributed by atoms with Crippen molar-refractivity contribution in [3.05, 3.63) is 65.7 Å². The minimum Gasteiger partial charge on any atom is -0.454 e. The smallest absolute Gasteiger partial charge is 0.325 e. The van der Waals surface area contributed by atoms with Crippen molar-refractivity contribution in [1.82, 2.24) is 5.32 Å². The molecule has 0 saturated heterocycles. The van der Waals surface area contributed by atoms with E-state index in [1.165, 1.54) is 5.56 Å². The Morgan fingerprint density at radius 2 is 1.67 bits per heavy atom. The van der Waals surface area contributed by atoms with E-state index >= 15 is 0 Å². The lowest BCUT2D eigenvalue weighted by Crippen LogP contribution is -2.32. The van der Waals surface area contributed by atoms with E-state index in [0.717, 1.165) is 6.42 Å². The molecule has 2 amide bonds. The van der Waals surface area contributed by atoms with Crippen LogP contribution in [-0.4, -0.2) is 30.9 Å². The maximum Gasteiger partial charge on any atom is 0.325 e. The molecule has 2 aromatic rings. The summed E-state index contributed by atoms with van der Waals surface area (Å²) in [6, 6.07) is 16.1. The molecule has 0 fully saturated rings. The third-order valence-corrected chi connectivity index (χ3v) is 4.17. The average molecular weight is 368 g/mol. The van der Waals surface area contributed by atoms with Crippen molar-refractivity contribution >= 4 is 23.5 Å². The molecule has 0 spiro atoms. The van der Waals surface area contributed by atoms with Gasteiger partial charge >= 0.3 is 5.97 Å². The van der Waals surface area contributed by atoms with Gasteiger partial charge in [0.15, 0.2) is 6.61 Å². The van der Waals surface area contributed by atoms with Crippen LogP contribution in [0.15, 0.2) is 54.6 Å². The molecule has 0 bridgehead atoms. The normalized spacial score (nSPS) is 11.3. The van der Waals surface area contributed by atoms with Crippen LogP contribution < -0.4 is 10.6 Å². The molecule has 2 N–H and O–H groups in total. The zero-order chi connectivity index (χ0) is 19.6. The lowest BCUT2D eigenvalue weighted by molar-refractivity contribution is -0.146. The molecular formula is C21H24N2O4. The number of rotatable bonds is 8. The predicted molar refractivity (Wildman–Crippen MR) is 104 cm³/mol. The highest BCUT2D eigenvalue weighted by Crippen LogP contribution is 2.20. The molecule has 0 heterocycles. The fourth-order valence-electron chi connectivity index (χ4n) is 2.37. The van der Waals surface area contributed by atoms with Crippen LogP contribution in [-0.2, 0) is 14.3 Å². The van der Waals surface area contributed by atoms with Gasteiger partial charge < -0.3 is 15.4 Å². The summed E-state index contributed by atoms with van der Waals surface area (Å²) in [5, 5.41) is 5.12. The van der Waals surface area contributed by atoms with Crippen molar-refractivity contribution in [3.63, 3.8) is 0 Å². The fourth-order valence-corrected chi connectivity index (χ4v) is 2.37. The maximum absolute atomic E-state index is 11.9. The molecule has 2 aromatic carbocycles. The van der Waals surface area contributed by atoms with Crippen LogP contribution in [0, 0.1) is 0 Å². The fraction of sp³-hybridized carbons (Fsp3) is 0.286. The second-order valence-corrected chi connectivity index (χ2v) is 6.19. The standard InChI is InChI=1S/C21H24N2O4/c1-3-15(2)16-9-11-18(12-10-16)23-19(24)14-27-20(25)13-22-21(26)17-7-5-4-6-8-17/h4-12,15H,3,13-14H2,1-2H3,(H,22,26)(H,23,24)/t15-/m1/s1. The Labute approximate surface area is 158 Å². The average Bonchev–Trinajstić information content (AvgIpc) is 2.71. The first kappa shape index (κ1) is 20.2. The van der Waals surface area contributed by atoms with E-state index in [1.807, 2.05) is 24.3 Å². The van der Waals surface area contributed by atoms with Crippen LogP contribution in [0.1, 0.15) is 42.1 Å². The molecular weight excluding hydrogens is 344 g/mol. The van der Waals surface area contributed by atoms with Crippen molar-refractivity contribution in [1.29, 1.82) is 0 Å². The van der Waals surface area contributed by atoms with E-state index in [-0.39, 0.29) is 12.5 Å². The zero-order valence-electron chi connectivity index (χ0n) is 15.5. The van der Waals surface area contributed by atoms with E-state index in [4.69, 9.17) is 4.74 Å². The molecule has 0 radical (unpaired) electrons. The monoisotopic (exact) mass is 368 g/mol. The Hall–Kier alpha value is -3.15. The molecule has 0 aliphatic rings. The molecule has 0 aliphatic carbocycles. The molecule has 0 aliphatic heterocycles. The van der Waals surface area contributed by atoms with Gasteiger partial charge in [0.2, 0.25) is 0 Å². The van der Waals surface area contributed by atoms with Gasteiger partial charge in [0.05, 0.1) is 0 Å². The number of nitrogens with one attached hydrogen (secondary N) is 2. The lowest BCUT2D eigenvalue weighted by Gasteiger charge is -2.11. The highest BCUT2D eigenvalue weighted by molar-refractivity contribution is 5.96. The van der Waals surface area contributed by atoms with Crippen LogP contribution in [0.3, 0.4) is 0 Å². The third kappa shape index (κ3) is 6.58. The number of hydrogen-bond acceptors (Lipinski definition) is 4. The number of carbonyl (C=O) groups is 3. The predicted octanol–water partition coefficient (Wildman–Crippen LogP) is 3.11. The molecule has 27 heavy (non-hydrogen) atoms. The SMILES string of the molecule is CC[C@@H](C)c1ccc(NC(=O)COC(=O)CNC(=O)c2ccccc2)cc1. The quantitative estimate of drug-likeness (QED) is 0.701. The lowest BCUT2D eigenvalue weighted by atomic mass is 9.99. The summed E-state index contributed by atoms with van der Waals surface area (Å²) >= 11 is 0. The van der Waals surface area contributed by atoms with Crippen molar-refractivity contribution < 1.29 is 19.1 Å². The molecule has 0 aromatic heterocycles. The highest BCUT2D eigenvalue weighted by atomic mass is 16.5. The first-order valence-electron chi connectivity index (χ1n) is 8.88. The van der Waals surface area contributed by atoms with Gasteiger partial charge in [0.25, 0.3) is 11.8 Å². The van der Waals surface area contributed by atoms with Gasteiger partial charge in [-0.05, 0) is 42.2 Å². The van der Waals surface area contributed by atoms with Gasteiger partial charge in [0.1, 0.15) is 6.54 Å². The van der Waals surface area contributed by atoms with Crippen LogP contribution in [0.5, 0.6) is 0 Å². The Balaban J connectivity index is 1.71. The van der Waals surface area contributed by atoms with Crippen molar-refractivity contribution in [2.75, 3.05) is 18.5 Å². The molecule has 142 valence electrons. The van der Waals surface area contributed by atoms with E-state index in [9.17, 15) is 14.4 Å². The summed E-state index contributed by atoms with van der Waals surface area (Å²) in [5.74, 6) is -1.03. The summed E-state index contributed by atoms with van der Waals surface area (Å²) in [5.41, 5.74) is 2.29. The number of carbonyl (C=O) groups excluding carboxylic acids is 3. The maximum atomic E-state index is 11.9. The van der Waals surface area contributed by atoms with Gasteiger partial charge in [-0.25, -0.2) is 0 Å². The minimum atomic E-state index is -0.679. The second kappa shape index (κ2) is 10.1. The van der Waals surface area contributed by atoms with Gasteiger partial charge in [0, 0.05) is 11.3 Å². The third-order valence-electron chi connectivity index (χ3n) is 4.17. The Morgan fingerprint density at radius 3 is 2.30 bits per heavy atom. The van der Waals surface area contributed by atoms with Gasteiger partial charge in [-0.15, -0.1) is 0 Å². The molecule has 0 saturated carbocycles. The molecule has 2 rings (SSSR count). The highest BCUT2D eigenvalue weighted by Gasteiger charge is 2.11. The van der Waals surface area contributed by atoms with Crippen molar-refractivity contribution in [2.45, 2.75) is 26.2 Å². The van der Waals surface area contributed by atoms with Crippen LogP contribution in [0.25, 0.3) is 0 Å². The largest absolute Gasteiger partial charge is 0.454 e. The van der Waals surface area contributed by atoms with Crippen LogP contribution in [0.2, 0.25) is 0 Å². The second-order valence-electron chi connectivity index (χ2n) is 6.19. The number of hydrogen-bond donors (Lipinski definition) is 2. The van der Waals surface area contributed by atoms with E-state index in [0.29, 0.717) is 17.2 Å². The number of benzene rings is 2. The molecule has 6 heteroatoms. The summed E-state index contributed by atoms with van der Waals surface area (Å²) < 4.78 is 4.88.